The first-order valence-electron chi connectivity index (χ1n) is 7.70. The number of rotatable bonds is 2. The average molecular weight is 361 g/mol. The van der Waals surface area contributed by atoms with Crippen LogP contribution in [0.1, 0.15) is 43.9 Å². The molecule has 1 saturated carbocycles. The number of benzene rings is 1. The summed E-state index contributed by atoms with van der Waals surface area (Å²) in [5, 5.41) is 9.83. The number of nitrogens with zero attached hydrogens (tertiary/aromatic N) is 2. The lowest BCUT2D eigenvalue weighted by atomic mass is 9.70. The highest BCUT2D eigenvalue weighted by atomic mass is 79.9. The molecule has 2 aliphatic rings. The van der Waals surface area contributed by atoms with Gasteiger partial charge in [-0.2, -0.15) is 10.2 Å². The van der Waals surface area contributed by atoms with E-state index in [2.05, 4.69) is 46.0 Å². The van der Waals surface area contributed by atoms with Gasteiger partial charge in [-0.1, -0.05) is 41.9 Å². The Morgan fingerprint density at radius 2 is 2.05 bits per heavy atom. The Balaban J connectivity index is 1.88. The fraction of sp³-hybridized carbons (Fsp3) is 0.444. The Morgan fingerprint density at radius 3 is 2.77 bits per heavy atom. The Kier molecular flexibility index (Phi) is 3.00. The van der Waals surface area contributed by atoms with Gasteiger partial charge in [-0.05, 0) is 47.9 Å². The molecule has 1 aromatic carbocycles. The van der Waals surface area contributed by atoms with E-state index in [-0.39, 0.29) is 16.6 Å². The minimum Gasteiger partial charge on any atom is -0.206 e. The molecule has 4 heteroatoms. The first-order valence-corrected chi connectivity index (χ1v) is 8.82. The smallest absolute Gasteiger partial charge is 0.132 e. The third kappa shape index (κ3) is 1.59. The number of fused-ring (bicyclic) bond motifs is 5. The van der Waals surface area contributed by atoms with Gasteiger partial charge in [0.2, 0.25) is 0 Å². The molecule has 2 nitrogen and oxygen atoms in total. The molecule has 1 aromatic heterocycles. The number of halogens is 2. The summed E-state index contributed by atoms with van der Waals surface area (Å²) in [6.45, 7) is 4.64. The van der Waals surface area contributed by atoms with Crippen LogP contribution < -0.4 is 0 Å². The van der Waals surface area contributed by atoms with Gasteiger partial charge in [0.15, 0.2) is 0 Å². The van der Waals surface area contributed by atoms with E-state index in [1.165, 1.54) is 18.1 Å². The van der Waals surface area contributed by atoms with Gasteiger partial charge in [-0.25, -0.2) is 4.39 Å². The van der Waals surface area contributed by atoms with Crippen LogP contribution in [0.15, 0.2) is 30.3 Å². The van der Waals surface area contributed by atoms with Crippen LogP contribution in [-0.2, 0) is 5.41 Å². The second-order valence-electron chi connectivity index (χ2n) is 6.99. The standard InChI is InChI=1S/C18H18BrFN2/c1-17-8-7-13(18(17,2)10-19)12-9-15(21-22-16(12)17)11-5-3-4-6-14(11)20/h3-6,9,13H,7-8,10H2,1-2H3/t13?,17-,18?/m0/s1. The molecule has 0 radical (unpaired) electrons. The van der Waals surface area contributed by atoms with Crippen LogP contribution in [0.2, 0.25) is 0 Å². The highest BCUT2D eigenvalue weighted by Gasteiger charge is 2.62. The lowest BCUT2D eigenvalue weighted by Crippen LogP contribution is -2.36. The normalized spacial score (nSPS) is 32.3. The Labute approximate surface area is 138 Å². The summed E-state index contributed by atoms with van der Waals surface area (Å²) in [5.41, 5.74) is 3.79. The van der Waals surface area contributed by atoms with Crippen molar-refractivity contribution in [2.24, 2.45) is 5.41 Å². The highest BCUT2D eigenvalue weighted by Crippen LogP contribution is 2.67. The number of hydrogen-bond acceptors (Lipinski definition) is 2. The maximum absolute atomic E-state index is 14.0. The maximum Gasteiger partial charge on any atom is 0.132 e. The predicted octanol–water partition coefficient (Wildman–Crippen LogP) is 4.83. The van der Waals surface area contributed by atoms with E-state index in [9.17, 15) is 4.39 Å². The van der Waals surface area contributed by atoms with Gasteiger partial charge < -0.3 is 0 Å². The van der Waals surface area contributed by atoms with Crippen molar-refractivity contribution >= 4 is 15.9 Å². The molecule has 22 heavy (non-hydrogen) atoms. The third-order valence-corrected chi connectivity index (χ3v) is 7.28. The van der Waals surface area contributed by atoms with Crippen LogP contribution in [0.3, 0.4) is 0 Å². The van der Waals surface area contributed by atoms with E-state index in [1.54, 1.807) is 12.1 Å². The topological polar surface area (TPSA) is 25.8 Å². The maximum atomic E-state index is 14.0. The lowest BCUT2D eigenvalue weighted by Gasteiger charge is -2.36. The summed E-state index contributed by atoms with van der Waals surface area (Å²) >= 11 is 3.71. The van der Waals surface area contributed by atoms with E-state index in [0.29, 0.717) is 17.2 Å². The predicted molar refractivity (Wildman–Crippen MR) is 88.7 cm³/mol. The van der Waals surface area contributed by atoms with Crippen molar-refractivity contribution in [2.45, 2.75) is 38.0 Å². The monoisotopic (exact) mass is 360 g/mol. The van der Waals surface area contributed by atoms with Gasteiger partial charge in [-0.3, -0.25) is 0 Å². The Bertz CT molecular complexity index is 763. The van der Waals surface area contributed by atoms with Crippen molar-refractivity contribution in [3.8, 4) is 11.3 Å². The van der Waals surface area contributed by atoms with Crippen LogP contribution in [0, 0.1) is 11.2 Å². The van der Waals surface area contributed by atoms with E-state index < -0.39 is 0 Å². The highest BCUT2D eigenvalue weighted by molar-refractivity contribution is 9.09. The molecule has 0 spiro atoms. The number of alkyl halides is 1. The fourth-order valence-corrected chi connectivity index (χ4v) is 5.46. The summed E-state index contributed by atoms with van der Waals surface area (Å²) in [5.74, 6) is 0.238. The Hall–Kier alpha value is -1.29. The van der Waals surface area contributed by atoms with Crippen LogP contribution in [0.4, 0.5) is 4.39 Å². The first kappa shape index (κ1) is 14.3. The molecule has 114 valence electrons. The van der Waals surface area contributed by atoms with Gasteiger partial charge >= 0.3 is 0 Å². The average Bonchev–Trinajstić information content (AvgIpc) is 2.90. The molecule has 4 rings (SSSR count). The zero-order valence-electron chi connectivity index (χ0n) is 12.7. The zero-order valence-corrected chi connectivity index (χ0v) is 14.3. The number of hydrogen-bond donors (Lipinski definition) is 0. The van der Waals surface area contributed by atoms with Gasteiger partial charge in [0.05, 0.1) is 11.4 Å². The second-order valence-corrected chi connectivity index (χ2v) is 7.55. The van der Waals surface area contributed by atoms with E-state index in [0.717, 1.165) is 17.4 Å². The molecule has 2 bridgehead atoms. The Morgan fingerprint density at radius 1 is 1.27 bits per heavy atom. The van der Waals surface area contributed by atoms with E-state index in [4.69, 9.17) is 0 Å². The SMILES string of the molecule is CC1(CBr)C2CC[C@@]1(C)c1nnc(-c3ccccc3F)cc12. The summed E-state index contributed by atoms with van der Waals surface area (Å²) in [6, 6.07) is 8.84. The van der Waals surface area contributed by atoms with Crippen molar-refractivity contribution < 1.29 is 4.39 Å². The molecule has 2 unspecified atom stereocenters. The van der Waals surface area contributed by atoms with Crippen molar-refractivity contribution in [1.82, 2.24) is 10.2 Å². The largest absolute Gasteiger partial charge is 0.206 e. The van der Waals surface area contributed by atoms with Gasteiger partial charge in [0, 0.05) is 16.3 Å². The molecule has 1 fully saturated rings. The van der Waals surface area contributed by atoms with Crippen molar-refractivity contribution in [1.29, 1.82) is 0 Å². The van der Waals surface area contributed by atoms with Crippen LogP contribution in [0.25, 0.3) is 11.3 Å². The van der Waals surface area contributed by atoms with E-state index in [1.807, 2.05) is 6.07 Å². The molecule has 0 saturated heterocycles. The van der Waals surface area contributed by atoms with Gasteiger partial charge in [0.1, 0.15) is 5.82 Å². The second kappa shape index (κ2) is 4.60. The molecule has 0 N–H and O–H groups in total. The summed E-state index contributed by atoms with van der Waals surface area (Å²) in [7, 11) is 0. The quantitative estimate of drug-likeness (QED) is 0.716. The minimum absolute atomic E-state index is 0.0667. The molecule has 2 aromatic rings. The van der Waals surface area contributed by atoms with Gasteiger partial charge in [-0.15, -0.1) is 0 Å². The van der Waals surface area contributed by atoms with Crippen molar-refractivity contribution in [3.63, 3.8) is 0 Å². The molecular weight excluding hydrogens is 343 g/mol. The summed E-state index contributed by atoms with van der Waals surface area (Å²) < 4.78 is 14.0. The molecule has 2 aliphatic carbocycles. The summed E-state index contributed by atoms with van der Waals surface area (Å²) in [6.07, 6.45) is 2.33. The van der Waals surface area contributed by atoms with Crippen LogP contribution >= 0.6 is 15.9 Å². The van der Waals surface area contributed by atoms with Crippen molar-refractivity contribution in [2.75, 3.05) is 5.33 Å². The lowest BCUT2D eigenvalue weighted by molar-refractivity contribution is 0.235. The molecule has 1 heterocycles. The molecular formula is C18H18BrFN2. The first-order chi connectivity index (χ1) is 10.5. The van der Waals surface area contributed by atoms with Crippen molar-refractivity contribution in [3.05, 3.63) is 47.4 Å². The number of aromatic nitrogens is 2. The van der Waals surface area contributed by atoms with Crippen LogP contribution in [0.5, 0.6) is 0 Å². The van der Waals surface area contributed by atoms with Crippen LogP contribution in [-0.4, -0.2) is 15.5 Å². The van der Waals surface area contributed by atoms with Gasteiger partial charge in [0.25, 0.3) is 0 Å². The third-order valence-electron chi connectivity index (χ3n) is 6.11. The van der Waals surface area contributed by atoms with E-state index >= 15 is 0 Å². The fourth-order valence-electron chi connectivity index (χ4n) is 4.45. The summed E-state index contributed by atoms with van der Waals surface area (Å²) in [4.78, 5) is 0. The molecule has 0 aliphatic heterocycles. The molecule has 0 amide bonds. The minimum atomic E-state index is -0.241. The zero-order chi connectivity index (χ0) is 15.5. The molecule has 3 atom stereocenters.